The minimum absolute atomic E-state index is 0.169. The summed E-state index contributed by atoms with van der Waals surface area (Å²) in [6.45, 7) is 22.7. The number of nitrogens with zero attached hydrogens (tertiary/aromatic N) is 1. The summed E-state index contributed by atoms with van der Waals surface area (Å²) in [5, 5.41) is 49.7. The molecule has 0 aromatic carbocycles. The van der Waals surface area contributed by atoms with Gasteiger partial charge in [-0.25, -0.2) is 0 Å². The number of rotatable bonds is 9. The number of hydrogen-bond donors (Lipinski definition) is 5. The van der Waals surface area contributed by atoms with Crippen LogP contribution < -0.4 is 5.32 Å². The predicted octanol–water partition coefficient (Wildman–Crippen LogP) is 3.63. The van der Waals surface area contributed by atoms with Crippen LogP contribution in [0.4, 0.5) is 0 Å². The number of amides is 1. The second kappa shape index (κ2) is 17.0. The molecule has 308 valence electrons. The Hall–Kier alpha value is -1.39. The topological polar surface area (TPSA) is 169 Å². The molecule has 0 aliphatic carbocycles. The van der Waals surface area contributed by atoms with Crippen molar-refractivity contribution >= 4 is 5.91 Å². The highest BCUT2D eigenvalue weighted by atomic mass is 16.7. The van der Waals surface area contributed by atoms with Crippen molar-refractivity contribution < 1.29 is 53.6 Å². The SMILES string of the molecule is CCCC1NC(=O)[C@H](C)[C@@H](OC2C[C@@](C)(OC)C(O)[C@H](C)O2)[C@H](C)[C@@H](OC2O[C@H](C)C[C@H](N(C)C(C)C)[C@H]2O)[C@@]2(C)CC(C)=C(O2)[C@@H](C)[C@@H](O)[C@]1(C)O. The molecule has 3 saturated heterocycles. The fraction of sp³-hybridized carbons (Fsp3) is 0.925. The van der Waals surface area contributed by atoms with Gasteiger partial charge in [-0.1, -0.05) is 34.1 Å². The monoisotopic (exact) mass is 757 g/mol. The Bertz CT molecular complexity index is 1280. The molecule has 0 aromatic heterocycles. The van der Waals surface area contributed by atoms with Gasteiger partial charge in [-0.15, -0.1) is 0 Å². The van der Waals surface area contributed by atoms with E-state index >= 15 is 0 Å². The van der Waals surface area contributed by atoms with E-state index < -0.39 is 89.8 Å². The van der Waals surface area contributed by atoms with Crippen LogP contribution in [-0.2, 0) is 33.2 Å². The van der Waals surface area contributed by atoms with E-state index in [4.69, 9.17) is 28.4 Å². The summed E-state index contributed by atoms with van der Waals surface area (Å²) in [7, 11) is 3.53. The molecule has 53 heavy (non-hydrogen) atoms. The van der Waals surface area contributed by atoms with Gasteiger partial charge in [-0.3, -0.25) is 9.69 Å². The molecule has 4 aliphatic rings. The molecular weight excluding hydrogens is 684 g/mol. The lowest BCUT2D eigenvalue weighted by Gasteiger charge is -2.49. The summed E-state index contributed by atoms with van der Waals surface area (Å²) in [5.41, 5.74) is -2.84. The zero-order valence-electron chi connectivity index (χ0n) is 34.8. The van der Waals surface area contributed by atoms with Crippen LogP contribution in [0.25, 0.3) is 0 Å². The van der Waals surface area contributed by atoms with Gasteiger partial charge in [0.25, 0.3) is 0 Å². The van der Waals surface area contributed by atoms with Crippen LogP contribution in [0.5, 0.6) is 0 Å². The number of aliphatic hydroxyl groups is 4. The molecule has 0 radical (unpaired) electrons. The summed E-state index contributed by atoms with van der Waals surface area (Å²) in [6.07, 6.45) is -5.28. The van der Waals surface area contributed by atoms with Crippen molar-refractivity contribution in [2.45, 2.75) is 205 Å². The fourth-order valence-corrected chi connectivity index (χ4v) is 9.27. The molecule has 0 spiro atoms. The minimum atomic E-state index is -1.71. The van der Waals surface area contributed by atoms with Crippen molar-refractivity contribution in [3.63, 3.8) is 0 Å². The average molecular weight is 757 g/mol. The first-order valence-corrected chi connectivity index (χ1v) is 19.9. The summed E-state index contributed by atoms with van der Waals surface area (Å²) in [4.78, 5) is 16.5. The number of fused-ring (bicyclic) bond motifs is 2. The van der Waals surface area contributed by atoms with E-state index in [0.717, 1.165) is 5.57 Å². The van der Waals surface area contributed by atoms with Crippen LogP contribution in [0.15, 0.2) is 11.3 Å². The third-order valence-corrected chi connectivity index (χ3v) is 13.0. The third-order valence-electron chi connectivity index (χ3n) is 13.0. The van der Waals surface area contributed by atoms with Crippen molar-refractivity contribution in [1.29, 1.82) is 0 Å². The zero-order chi connectivity index (χ0) is 40.0. The average Bonchev–Trinajstić information content (AvgIpc) is 3.41. The van der Waals surface area contributed by atoms with Crippen molar-refractivity contribution in [3.8, 4) is 0 Å². The van der Waals surface area contributed by atoms with E-state index in [-0.39, 0.29) is 30.5 Å². The van der Waals surface area contributed by atoms with E-state index in [1.165, 1.54) is 0 Å². The van der Waals surface area contributed by atoms with Crippen LogP contribution in [0.2, 0.25) is 0 Å². The molecule has 3 fully saturated rings. The molecule has 13 nitrogen and oxygen atoms in total. The Morgan fingerprint density at radius 3 is 2.23 bits per heavy atom. The number of ether oxygens (including phenoxy) is 6. The second-order valence-electron chi connectivity index (χ2n) is 17.7. The number of hydrogen-bond acceptors (Lipinski definition) is 12. The molecule has 0 saturated carbocycles. The molecule has 5 N–H and O–H groups in total. The minimum Gasteiger partial charge on any atom is -0.489 e. The fourth-order valence-electron chi connectivity index (χ4n) is 9.27. The van der Waals surface area contributed by atoms with Gasteiger partial charge in [0, 0.05) is 43.9 Å². The Labute approximate surface area is 318 Å². The van der Waals surface area contributed by atoms with Gasteiger partial charge < -0.3 is 54.2 Å². The van der Waals surface area contributed by atoms with Crippen LogP contribution in [0.3, 0.4) is 0 Å². The lowest BCUT2D eigenvalue weighted by Crippen LogP contribution is -2.62. The van der Waals surface area contributed by atoms with Crippen molar-refractivity contribution in [2.24, 2.45) is 17.8 Å². The summed E-state index contributed by atoms with van der Waals surface area (Å²) < 4.78 is 39.1. The molecule has 4 aliphatic heterocycles. The van der Waals surface area contributed by atoms with E-state index in [0.29, 0.717) is 31.4 Å². The van der Waals surface area contributed by atoms with Gasteiger partial charge in [0.15, 0.2) is 12.6 Å². The molecule has 13 heteroatoms. The van der Waals surface area contributed by atoms with Gasteiger partial charge in [0.1, 0.15) is 35.3 Å². The van der Waals surface area contributed by atoms with E-state index in [2.05, 4.69) is 24.1 Å². The maximum atomic E-state index is 14.4. The molecule has 0 aromatic rings. The van der Waals surface area contributed by atoms with Gasteiger partial charge in [-0.2, -0.15) is 0 Å². The van der Waals surface area contributed by atoms with Gasteiger partial charge >= 0.3 is 0 Å². The molecule has 4 rings (SSSR count). The van der Waals surface area contributed by atoms with Gasteiger partial charge in [0.05, 0.1) is 42.0 Å². The van der Waals surface area contributed by atoms with Crippen LogP contribution in [-0.4, -0.2) is 136 Å². The first-order valence-electron chi connectivity index (χ1n) is 19.9. The largest absolute Gasteiger partial charge is 0.489 e. The van der Waals surface area contributed by atoms with Gasteiger partial charge in [-0.05, 0) is 80.9 Å². The quantitative estimate of drug-likeness (QED) is 0.232. The Morgan fingerprint density at radius 2 is 1.64 bits per heavy atom. The number of carbonyl (C=O) groups is 1. The Kier molecular flexibility index (Phi) is 14.2. The van der Waals surface area contributed by atoms with Crippen LogP contribution in [0, 0.1) is 17.8 Å². The first-order chi connectivity index (χ1) is 24.5. The van der Waals surface area contributed by atoms with E-state index in [1.54, 1.807) is 27.9 Å². The maximum Gasteiger partial charge on any atom is 0.225 e. The second-order valence-corrected chi connectivity index (χ2v) is 17.7. The van der Waals surface area contributed by atoms with E-state index in [9.17, 15) is 25.2 Å². The standard InChI is InChI=1S/C40H72N2O11/c1-15-16-28-40(12,47)33(44)23(6)31-21(4)18-39(11,53-31)35(52-37-30(43)27(17-22(5)49-37)42(13)20(2)3)24(7)32(25(8)36(46)41-28)51-29-19-38(10,48-14)34(45)26(9)50-29/h20,22-30,32-35,37,43-45,47H,15-19H2,1-14H3,(H,41,46)/t22-,23-,24+,25-,26+,27+,28?,29?,30-,32+,33-,34?,35-,37?,38-,39-,40-/m1/s1. The smallest absolute Gasteiger partial charge is 0.225 e. The molecule has 2 bridgehead atoms. The Morgan fingerprint density at radius 1 is 1.00 bits per heavy atom. The number of methoxy groups -OCH3 is 1. The lowest BCUT2D eigenvalue weighted by molar-refractivity contribution is -0.317. The van der Waals surface area contributed by atoms with Crippen molar-refractivity contribution in [3.05, 3.63) is 11.3 Å². The summed E-state index contributed by atoms with van der Waals surface area (Å²) >= 11 is 0. The third kappa shape index (κ3) is 8.95. The molecule has 1 amide bonds. The van der Waals surface area contributed by atoms with Crippen molar-refractivity contribution in [2.75, 3.05) is 14.2 Å². The predicted molar refractivity (Wildman–Crippen MR) is 200 cm³/mol. The summed E-state index contributed by atoms with van der Waals surface area (Å²) in [6, 6.07) is -0.846. The van der Waals surface area contributed by atoms with E-state index in [1.807, 2.05) is 55.5 Å². The Balaban J connectivity index is 1.85. The molecule has 17 atom stereocenters. The molecular formula is C40H72N2O11. The van der Waals surface area contributed by atoms with Crippen LogP contribution >= 0.6 is 0 Å². The number of likely N-dealkylation sites (N-methyl/N-ethyl adjacent to an activating group) is 1. The van der Waals surface area contributed by atoms with Gasteiger partial charge in [0.2, 0.25) is 5.91 Å². The summed E-state index contributed by atoms with van der Waals surface area (Å²) in [5.74, 6) is -1.84. The number of nitrogens with one attached hydrogen (secondary N) is 1. The first kappa shape index (κ1) is 44.3. The number of carbonyl (C=O) groups excluding carboxylic acids is 1. The maximum absolute atomic E-state index is 14.4. The molecule has 4 unspecified atom stereocenters. The highest BCUT2D eigenvalue weighted by Gasteiger charge is 2.56. The zero-order valence-corrected chi connectivity index (χ0v) is 34.8. The highest BCUT2D eigenvalue weighted by molar-refractivity contribution is 5.79. The van der Waals surface area contributed by atoms with Crippen molar-refractivity contribution in [1.82, 2.24) is 10.2 Å². The van der Waals surface area contributed by atoms with Crippen LogP contribution in [0.1, 0.15) is 115 Å². The number of aliphatic hydroxyl groups excluding tert-OH is 3. The highest BCUT2D eigenvalue weighted by Crippen LogP contribution is 2.47. The lowest BCUT2D eigenvalue weighted by atomic mass is 9.77. The normalized spacial score (nSPS) is 47.5. The molecule has 4 heterocycles.